The van der Waals surface area contributed by atoms with E-state index in [1.807, 2.05) is 36.4 Å². The third kappa shape index (κ3) is 4.39. The SMILES string of the molecule is CC(C)(NC(=O)O)C(=O)N1CCN(c2cnc3ccc(-c4ccc5oc(N)nc5c4)nc3c2)CC1. The minimum absolute atomic E-state index is 0.126. The Kier molecular flexibility index (Phi) is 5.39. The standard InChI is InChI=1S/C24H25N7O4/c1-24(2,29-23(33)34)21(32)31-9-7-30(8-10-31)15-12-18-17(26-13-15)5-4-16(27-18)14-3-6-20-19(11-14)28-22(25)35-20/h3-6,11-13,29H,7-10H2,1-2H3,(H2,25,28)(H,33,34). The lowest BCUT2D eigenvalue weighted by Crippen LogP contribution is -2.59. The third-order valence-electron chi connectivity index (χ3n) is 6.11. The van der Waals surface area contributed by atoms with Crippen molar-refractivity contribution in [3.8, 4) is 11.3 Å². The summed E-state index contributed by atoms with van der Waals surface area (Å²) in [7, 11) is 0. The summed E-state index contributed by atoms with van der Waals surface area (Å²) in [6.07, 6.45) is 0.586. The molecule has 11 nitrogen and oxygen atoms in total. The average Bonchev–Trinajstić information content (AvgIpc) is 3.21. The van der Waals surface area contributed by atoms with Crippen molar-refractivity contribution in [2.24, 2.45) is 0 Å². The van der Waals surface area contributed by atoms with Crippen molar-refractivity contribution in [2.45, 2.75) is 19.4 Å². The zero-order valence-corrected chi connectivity index (χ0v) is 19.4. The van der Waals surface area contributed by atoms with E-state index in [1.54, 1.807) is 24.9 Å². The minimum Gasteiger partial charge on any atom is -0.465 e. The number of piperazine rings is 1. The highest BCUT2D eigenvalue weighted by atomic mass is 16.4. The molecule has 11 heteroatoms. The zero-order chi connectivity index (χ0) is 24.7. The summed E-state index contributed by atoms with van der Waals surface area (Å²) in [5.74, 6) is -0.242. The largest absolute Gasteiger partial charge is 0.465 e. The van der Waals surface area contributed by atoms with Crippen LogP contribution >= 0.6 is 0 Å². The highest BCUT2D eigenvalue weighted by Gasteiger charge is 2.35. The molecule has 1 aliphatic heterocycles. The van der Waals surface area contributed by atoms with Crippen molar-refractivity contribution < 1.29 is 19.1 Å². The maximum Gasteiger partial charge on any atom is 0.405 e. The molecule has 0 atom stereocenters. The zero-order valence-electron chi connectivity index (χ0n) is 19.4. The molecular weight excluding hydrogens is 450 g/mol. The number of carbonyl (C=O) groups is 2. The molecule has 0 unspecified atom stereocenters. The number of rotatable bonds is 4. The molecule has 0 aliphatic carbocycles. The Morgan fingerprint density at radius 1 is 1.03 bits per heavy atom. The van der Waals surface area contributed by atoms with Crippen molar-refractivity contribution in [2.75, 3.05) is 36.8 Å². The van der Waals surface area contributed by atoms with E-state index in [4.69, 9.17) is 20.2 Å². The first-order valence-electron chi connectivity index (χ1n) is 11.2. The molecule has 0 radical (unpaired) electrons. The van der Waals surface area contributed by atoms with Crippen LogP contribution in [0.25, 0.3) is 33.4 Å². The number of hydrogen-bond acceptors (Lipinski definition) is 8. The average molecular weight is 476 g/mol. The minimum atomic E-state index is -1.22. The molecule has 4 N–H and O–H groups in total. The Bertz CT molecular complexity index is 1440. The van der Waals surface area contributed by atoms with E-state index in [2.05, 4.69) is 20.2 Å². The van der Waals surface area contributed by atoms with Gasteiger partial charge in [0.1, 0.15) is 11.1 Å². The van der Waals surface area contributed by atoms with Crippen LogP contribution in [0.3, 0.4) is 0 Å². The molecule has 5 rings (SSSR count). The van der Waals surface area contributed by atoms with E-state index in [9.17, 15) is 9.59 Å². The van der Waals surface area contributed by atoms with Crippen LogP contribution in [0.1, 0.15) is 13.8 Å². The molecule has 0 spiro atoms. The Labute approximate surface area is 200 Å². The first-order valence-corrected chi connectivity index (χ1v) is 11.2. The number of amides is 2. The van der Waals surface area contributed by atoms with Crippen molar-refractivity contribution >= 4 is 45.8 Å². The number of nitrogens with two attached hydrogens (primary N) is 1. The van der Waals surface area contributed by atoms with E-state index in [-0.39, 0.29) is 11.9 Å². The molecule has 35 heavy (non-hydrogen) atoms. The number of carboxylic acid groups (broad SMARTS) is 1. The second-order valence-corrected chi connectivity index (χ2v) is 9.00. The van der Waals surface area contributed by atoms with Crippen LogP contribution in [0.2, 0.25) is 0 Å². The van der Waals surface area contributed by atoms with Crippen molar-refractivity contribution in [1.82, 2.24) is 25.2 Å². The number of nitrogens with one attached hydrogen (secondary N) is 1. The van der Waals surface area contributed by atoms with E-state index >= 15 is 0 Å². The first-order chi connectivity index (χ1) is 16.7. The maximum atomic E-state index is 12.8. The topological polar surface area (TPSA) is 151 Å². The van der Waals surface area contributed by atoms with Gasteiger partial charge in [0, 0.05) is 31.7 Å². The summed E-state index contributed by atoms with van der Waals surface area (Å²) in [5, 5.41) is 11.3. The highest BCUT2D eigenvalue weighted by molar-refractivity contribution is 5.89. The highest BCUT2D eigenvalue weighted by Crippen LogP contribution is 2.27. The molecule has 4 heterocycles. The van der Waals surface area contributed by atoms with Gasteiger partial charge in [-0.15, -0.1) is 0 Å². The molecule has 1 saturated heterocycles. The lowest BCUT2D eigenvalue weighted by atomic mass is 10.0. The maximum absolute atomic E-state index is 12.8. The molecule has 180 valence electrons. The van der Waals surface area contributed by atoms with Gasteiger partial charge < -0.3 is 30.4 Å². The number of nitrogens with zero attached hydrogens (tertiary/aromatic N) is 5. The van der Waals surface area contributed by atoms with Crippen LogP contribution in [0, 0.1) is 0 Å². The van der Waals surface area contributed by atoms with Gasteiger partial charge in [-0.2, -0.15) is 4.98 Å². The van der Waals surface area contributed by atoms with Gasteiger partial charge >= 0.3 is 6.09 Å². The number of nitrogen functional groups attached to an aromatic ring is 1. The van der Waals surface area contributed by atoms with Gasteiger partial charge in [-0.25, -0.2) is 9.78 Å². The normalized spacial score (nSPS) is 14.5. The van der Waals surface area contributed by atoms with E-state index in [0.29, 0.717) is 37.3 Å². The number of benzene rings is 1. The fraction of sp³-hybridized carbons (Fsp3) is 0.292. The summed E-state index contributed by atoms with van der Waals surface area (Å²) in [6, 6.07) is 11.6. The molecular formula is C24H25N7O4. The Morgan fingerprint density at radius 2 is 1.80 bits per heavy atom. The molecule has 1 aliphatic rings. The number of carbonyl (C=O) groups excluding carboxylic acids is 1. The van der Waals surface area contributed by atoms with Crippen LogP contribution < -0.4 is 16.0 Å². The van der Waals surface area contributed by atoms with Crippen molar-refractivity contribution in [3.63, 3.8) is 0 Å². The summed E-state index contributed by atoms with van der Waals surface area (Å²) >= 11 is 0. The number of hydrogen-bond donors (Lipinski definition) is 3. The molecule has 3 aromatic heterocycles. The number of anilines is 2. The van der Waals surface area contributed by atoms with Gasteiger partial charge in [0.05, 0.1) is 28.6 Å². The van der Waals surface area contributed by atoms with Crippen molar-refractivity contribution in [1.29, 1.82) is 0 Å². The quantitative estimate of drug-likeness (QED) is 0.405. The molecule has 4 aromatic rings. The van der Waals surface area contributed by atoms with Crippen molar-refractivity contribution in [3.05, 3.63) is 42.6 Å². The van der Waals surface area contributed by atoms with Gasteiger partial charge in [0.25, 0.3) is 6.01 Å². The molecule has 0 bridgehead atoms. The number of aromatic nitrogens is 3. The second kappa shape index (κ2) is 8.42. The fourth-order valence-corrected chi connectivity index (χ4v) is 4.32. The third-order valence-corrected chi connectivity index (χ3v) is 6.11. The summed E-state index contributed by atoms with van der Waals surface area (Å²) < 4.78 is 5.35. The van der Waals surface area contributed by atoms with Gasteiger partial charge in [-0.1, -0.05) is 0 Å². The van der Waals surface area contributed by atoms with Crippen LogP contribution in [-0.4, -0.2) is 68.7 Å². The molecule has 1 aromatic carbocycles. The second-order valence-electron chi connectivity index (χ2n) is 9.00. The Balaban J connectivity index is 1.34. The van der Waals surface area contributed by atoms with Gasteiger partial charge in [-0.05, 0) is 50.2 Å². The van der Waals surface area contributed by atoms with Gasteiger partial charge in [-0.3, -0.25) is 9.78 Å². The summed E-state index contributed by atoms with van der Waals surface area (Å²) in [6.45, 7) is 5.31. The van der Waals surface area contributed by atoms with E-state index < -0.39 is 11.6 Å². The van der Waals surface area contributed by atoms with Crippen LogP contribution in [0.5, 0.6) is 0 Å². The fourth-order valence-electron chi connectivity index (χ4n) is 4.32. The first kappa shape index (κ1) is 22.4. The lowest BCUT2D eigenvalue weighted by molar-refractivity contribution is -0.137. The Morgan fingerprint density at radius 3 is 2.54 bits per heavy atom. The number of pyridine rings is 2. The molecule has 0 saturated carbocycles. The summed E-state index contributed by atoms with van der Waals surface area (Å²) in [4.78, 5) is 41.2. The van der Waals surface area contributed by atoms with Crippen LogP contribution in [0.4, 0.5) is 16.5 Å². The van der Waals surface area contributed by atoms with Gasteiger partial charge in [0.2, 0.25) is 5.91 Å². The number of oxazole rings is 1. The van der Waals surface area contributed by atoms with Gasteiger partial charge in [0.15, 0.2) is 5.58 Å². The molecule has 1 fully saturated rings. The predicted molar refractivity (Wildman–Crippen MR) is 131 cm³/mol. The lowest BCUT2D eigenvalue weighted by Gasteiger charge is -2.39. The van der Waals surface area contributed by atoms with E-state index in [0.717, 1.165) is 28.0 Å². The monoisotopic (exact) mass is 475 g/mol. The Hall–Kier alpha value is -4.41. The summed E-state index contributed by atoms with van der Waals surface area (Å²) in [5.41, 5.74) is 9.88. The number of fused-ring (bicyclic) bond motifs is 2. The van der Waals surface area contributed by atoms with E-state index in [1.165, 1.54) is 0 Å². The van der Waals surface area contributed by atoms with Crippen LogP contribution in [0.15, 0.2) is 47.0 Å². The predicted octanol–water partition coefficient (Wildman–Crippen LogP) is 2.72. The van der Waals surface area contributed by atoms with Crippen LogP contribution in [-0.2, 0) is 4.79 Å². The molecule has 2 amide bonds. The smallest absolute Gasteiger partial charge is 0.405 e.